The minimum atomic E-state index is -0.0463. The van der Waals surface area contributed by atoms with Crippen molar-refractivity contribution in [1.82, 2.24) is 14.8 Å². The molecule has 22 heavy (non-hydrogen) atoms. The molecule has 1 aliphatic rings. The average molecular weight is 312 g/mol. The van der Waals surface area contributed by atoms with Crippen molar-refractivity contribution in [2.75, 3.05) is 19.6 Å². The Morgan fingerprint density at radius 2 is 2.09 bits per heavy atom. The predicted molar refractivity (Wildman–Crippen MR) is 88.4 cm³/mol. The molecule has 0 aliphatic carbocycles. The Bertz CT molecular complexity index is 646. The first-order chi connectivity index (χ1) is 10.7. The Morgan fingerprint density at radius 3 is 2.77 bits per heavy atom. The van der Waals surface area contributed by atoms with Gasteiger partial charge in [0.2, 0.25) is 0 Å². The summed E-state index contributed by atoms with van der Waals surface area (Å²) in [6.45, 7) is 6.44. The molecule has 3 rings (SSSR count). The number of rotatable bonds is 4. The van der Waals surface area contributed by atoms with Crippen molar-refractivity contribution in [2.45, 2.75) is 26.1 Å². The summed E-state index contributed by atoms with van der Waals surface area (Å²) in [6, 6.07) is 12.8. The van der Waals surface area contributed by atoms with Gasteiger partial charge in [0.15, 0.2) is 0 Å². The molecule has 1 saturated heterocycles. The predicted octanol–water partition coefficient (Wildman–Crippen LogP) is 2.66. The lowest BCUT2D eigenvalue weighted by Gasteiger charge is -2.37. The molecule has 114 valence electrons. The van der Waals surface area contributed by atoms with E-state index in [-0.39, 0.29) is 6.04 Å². The molecule has 0 saturated carbocycles. The first-order valence-electron chi connectivity index (χ1n) is 7.55. The lowest BCUT2D eigenvalue weighted by atomic mass is 10.1. The van der Waals surface area contributed by atoms with Crippen LogP contribution in [0.4, 0.5) is 0 Å². The molecule has 0 amide bonds. The largest absolute Gasteiger partial charge is 0.293 e. The third-order valence-corrected chi connectivity index (χ3v) is 4.93. The van der Waals surface area contributed by atoms with Crippen LogP contribution in [0.1, 0.15) is 16.3 Å². The second kappa shape index (κ2) is 7.01. The molecular weight excluding hydrogens is 292 g/mol. The van der Waals surface area contributed by atoms with Crippen molar-refractivity contribution in [1.29, 1.82) is 5.26 Å². The quantitative estimate of drug-likeness (QED) is 0.870. The van der Waals surface area contributed by atoms with Crippen molar-refractivity contribution in [2.24, 2.45) is 0 Å². The highest BCUT2D eigenvalue weighted by atomic mass is 32.1. The molecule has 1 fully saturated rings. The fraction of sp³-hybridized carbons (Fsp3) is 0.412. The van der Waals surface area contributed by atoms with Crippen LogP contribution in [0.25, 0.3) is 0 Å². The van der Waals surface area contributed by atoms with Crippen LogP contribution in [-0.2, 0) is 13.1 Å². The average Bonchev–Trinajstić information content (AvgIpc) is 2.95. The van der Waals surface area contributed by atoms with Gasteiger partial charge < -0.3 is 0 Å². The van der Waals surface area contributed by atoms with Gasteiger partial charge in [-0.05, 0) is 12.5 Å². The van der Waals surface area contributed by atoms with E-state index in [1.165, 1.54) is 5.56 Å². The van der Waals surface area contributed by atoms with Gasteiger partial charge in [-0.2, -0.15) is 5.26 Å². The summed E-state index contributed by atoms with van der Waals surface area (Å²) >= 11 is 1.71. The smallest absolute Gasteiger partial charge is 0.111 e. The molecule has 4 nitrogen and oxygen atoms in total. The number of hydrogen-bond donors (Lipinski definition) is 0. The topological polar surface area (TPSA) is 43.2 Å². The van der Waals surface area contributed by atoms with E-state index < -0.39 is 0 Å². The van der Waals surface area contributed by atoms with Gasteiger partial charge in [0, 0.05) is 37.3 Å². The second-order valence-electron chi connectivity index (χ2n) is 5.72. The molecule has 0 bridgehead atoms. The molecule has 1 atom stereocenters. The SMILES string of the molecule is Cc1csc(CN2CCN(Cc3ccccc3)[C@@H](C#N)C2)n1. The molecule has 2 aromatic rings. The van der Waals surface area contributed by atoms with E-state index in [0.29, 0.717) is 0 Å². The van der Waals surface area contributed by atoms with E-state index >= 15 is 0 Å². The summed E-state index contributed by atoms with van der Waals surface area (Å²) in [4.78, 5) is 9.14. The van der Waals surface area contributed by atoms with Crippen molar-refractivity contribution < 1.29 is 0 Å². The zero-order valence-corrected chi connectivity index (χ0v) is 13.6. The molecule has 0 radical (unpaired) electrons. The second-order valence-corrected chi connectivity index (χ2v) is 6.66. The van der Waals surface area contributed by atoms with Crippen LogP contribution in [-0.4, -0.2) is 40.5 Å². The maximum Gasteiger partial charge on any atom is 0.111 e. The highest BCUT2D eigenvalue weighted by Crippen LogP contribution is 2.17. The lowest BCUT2D eigenvalue weighted by Crippen LogP contribution is -2.51. The van der Waals surface area contributed by atoms with E-state index in [2.05, 4.69) is 50.5 Å². The highest BCUT2D eigenvalue weighted by Gasteiger charge is 2.27. The van der Waals surface area contributed by atoms with Crippen LogP contribution >= 0.6 is 11.3 Å². The maximum atomic E-state index is 9.50. The molecular formula is C17H20N4S. The molecule has 1 aromatic carbocycles. The molecule has 1 aromatic heterocycles. The fourth-order valence-electron chi connectivity index (χ4n) is 2.82. The number of aromatic nitrogens is 1. The fourth-order valence-corrected chi connectivity index (χ4v) is 3.63. The minimum Gasteiger partial charge on any atom is -0.293 e. The highest BCUT2D eigenvalue weighted by molar-refractivity contribution is 7.09. The molecule has 2 heterocycles. The third-order valence-electron chi connectivity index (χ3n) is 3.98. The van der Waals surface area contributed by atoms with Gasteiger partial charge in [-0.25, -0.2) is 4.98 Å². The first-order valence-corrected chi connectivity index (χ1v) is 8.43. The summed E-state index contributed by atoms with van der Waals surface area (Å²) in [5, 5.41) is 12.7. The Kier molecular flexibility index (Phi) is 4.84. The van der Waals surface area contributed by atoms with Gasteiger partial charge in [-0.15, -0.1) is 11.3 Å². The number of aryl methyl sites for hydroxylation is 1. The summed E-state index contributed by atoms with van der Waals surface area (Å²) < 4.78 is 0. The monoisotopic (exact) mass is 312 g/mol. The van der Waals surface area contributed by atoms with E-state index in [9.17, 15) is 5.26 Å². The number of nitriles is 1. The Labute approximate surface area is 135 Å². The summed E-state index contributed by atoms with van der Waals surface area (Å²) in [5.74, 6) is 0. The van der Waals surface area contributed by atoms with Crippen LogP contribution in [0.5, 0.6) is 0 Å². The van der Waals surface area contributed by atoms with Crippen molar-refractivity contribution >= 4 is 11.3 Å². The van der Waals surface area contributed by atoms with Crippen molar-refractivity contribution in [3.8, 4) is 6.07 Å². The van der Waals surface area contributed by atoms with Crippen LogP contribution in [0.15, 0.2) is 35.7 Å². The van der Waals surface area contributed by atoms with Crippen LogP contribution < -0.4 is 0 Å². The van der Waals surface area contributed by atoms with Gasteiger partial charge in [0.1, 0.15) is 11.0 Å². The normalized spacial score (nSPS) is 19.9. The number of hydrogen-bond acceptors (Lipinski definition) is 5. The Morgan fingerprint density at radius 1 is 1.27 bits per heavy atom. The summed E-state index contributed by atoms with van der Waals surface area (Å²) in [5.41, 5.74) is 2.35. The van der Waals surface area contributed by atoms with Gasteiger partial charge in [0.25, 0.3) is 0 Å². The molecule has 0 N–H and O–H groups in total. The lowest BCUT2D eigenvalue weighted by molar-refractivity contribution is 0.0901. The maximum absolute atomic E-state index is 9.50. The van der Waals surface area contributed by atoms with Crippen LogP contribution in [0.2, 0.25) is 0 Å². The van der Waals surface area contributed by atoms with Gasteiger partial charge >= 0.3 is 0 Å². The molecule has 0 unspecified atom stereocenters. The van der Waals surface area contributed by atoms with Crippen molar-refractivity contribution in [3.63, 3.8) is 0 Å². The van der Waals surface area contributed by atoms with E-state index in [0.717, 1.165) is 43.4 Å². The van der Waals surface area contributed by atoms with E-state index in [1.54, 1.807) is 11.3 Å². The number of piperazine rings is 1. The van der Waals surface area contributed by atoms with Crippen LogP contribution in [0.3, 0.4) is 0 Å². The minimum absolute atomic E-state index is 0.0463. The first kappa shape index (κ1) is 15.2. The van der Waals surface area contributed by atoms with Gasteiger partial charge in [-0.1, -0.05) is 30.3 Å². The molecule has 5 heteroatoms. The zero-order valence-electron chi connectivity index (χ0n) is 12.8. The van der Waals surface area contributed by atoms with E-state index in [4.69, 9.17) is 0 Å². The molecule has 1 aliphatic heterocycles. The summed E-state index contributed by atoms with van der Waals surface area (Å²) in [6.07, 6.45) is 0. The third kappa shape index (κ3) is 3.72. The molecule has 0 spiro atoms. The number of benzene rings is 1. The number of thiazole rings is 1. The van der Waals surface area contributed by atoms with Gasteiger partial charge in [0.05, 0.1) is 12.6 Å². The Balaban J connectivity index is 1.60. The Hall–Kier alpha value is -1.74. The standard InChI is InChI=1S/C17H20N4S/c1-14-13-22-17(19-14)12-20-7-8-21(16(9-18)11-20)10-15-5-3-2-4-6-15/h2-6,13,16H,7-8,10-12H2,1H3/t16-/m0/s1. The summed E-state index contributed by atoms with van der Waals surface area (Å²) in [7, 11) is 0. The van der Waals surface area contributed by atoms with E-state index in [1.807, 2.05) is 13.0 Å². The number of nitrogens with zero attached hydrogens (tertiary/aromatic N) is 4. The van der Waals surface area contributed by atoms with Crippen molar-refractivity contribution in [3.05, 3.63) is 52.0 Å². The van der Waals surface area contributed by atoms with Crippen LogP contribution in [0, 0.1) is 18.3 Å². The zero-order chi connectivity index (χ0) is 15.4. The van der Waals surface area contributed by atoms with Gasteiger partial charge in [-0.3, -0.25) is 9.80 Å².